The van der Waals surface area contributed by atoms with Crippen LogP contribution < -0.4 is 5.32 Å². The number of carbonyl (C=O) groups is 1. The normalized spacial score (nSPS) is 11.8. The van der Waals surface area contributed by atoms with Gasteiger partial charge in [-0.25, -0.2) is 0 Å². The van der Waals surface area contributed by atoms with Crippen molar-refractivity contribution in [3.8, 4) is 0 Å². The summed E-state index contributed by atoms with van der Waals surface area (Å²) in [5.74, 6) is 1.33. The molecule has 2 rings (SSSR count). The van der Waals surface area contributed by atoms with Crippen LogP contribution in [0.3, 0.4) is 0 Å². The van der Waals surface area contributed by atoms with Crippen LogP contribution in [0.15, 0.2) is 47.1 Å². The van der Waals surface area contributed by atoms with Gasteiger partial charge >= 0.3 is 0 Å². The number of carbonyl (C=O) groups excluding carboxylic acids is 1. The predicted octanol–water partition coefficient (Wildman–Crippen LogP) is 4.09. The van der Waals surface area contributed by atoms with Crippen LogP contribution >= 0.6 is 0 Å². The van der Waals surface area contributed by atoms with E-state index in [9.17, 15) is 4.79 Å². The Kier molecular flexibility index (Phi) is 4.26. The van der Waals surface area contributed by atoms with Crippen molar-refractivity contribution in [1.82, 2.24) is 5.16 Å². The number of allylic oxidation sites excluding steroid dienone is 1. The number of benzene rings is 1. The van der Waals surface area contributed by atoms with E-state index in [0.717, 1.165) is 11.3 Å². The topological polar surface area (TPSA) is 55.1 Å². The van der Waals surface area contributed by atoms with E-state index < -0.39 is 0 Å². The Hall–Kier alpha value is -2.36. The lowest BCUT2D eigenvalue weighted by molar-refractivity contribution is 0.104. The van der Waals surface area contributed by atoms with Crippen molar-refractivity contribution in [2.45, 2.75) is 33.1 Å². The van der Waals surface area contributed by atoms with Gasteiger partial charge in [0.2, 0.25) is 0 Å². The Balaban J connectivity index is 1.97. The Labute approximate surface area is 124 Å². The van der Waals surface area contributed by atoms with Crippen molar-refractivity contribution in [2.75, 3.05) is 5.32 Å². The zero-order valence-electron chi connectivity index (χ0n) is 12.8. The molecule has 4 nitrogen and oxygen atoms in total. The van der Waals surface area contributed by atoms with Gasteiger partial charge in [-0.05, 0) is 6.92 Å². The molecule has 0 aliphatic rings. The fraction of sp³-hybridized carbons (Fsp3) is 0.294. The number of aryl methyl sites for hydroxylation is 1. The third-order valence-electron chi connectivity index (χ3n) is 3.05. The molecule has 0 unspecified atom stereocenters. The van der Waals surface area contributed by atoms with Crippen LogP contribution in [0, 0.1) is 6.92 Å². The van der Waals surface area contributed by atoms with Crippen molar-refractivity contribution < 1.29 is 9.32 Å². The molecule has 110 valence electrons. The molecule has 0 aliphatic carbocycles. The summed E-state index contributed by atoms with van der Waals surface area (Å²) in [6.07, 6.45) is 3.06. The largest absolute Gasteiger partial charge is 0.359 e. The first kappa shape index (κ1) is 15.0. The van der Waals surface area contributed by atoms with Crippen molar-refractivity contribution in [3.05, 3.63) is 59.5 Å². The highest BCUT2D eigenvalue weighted by molar-refractivity contribution is 6.04. The molecule has 2 aromatic rings. The highest BCUT2D eigenvalue weighted by atomic mass is 16.5. The number of rotatable bonds is 4. The molecule has 1 aromatic carbocycles. The number of hydrogen-bond donors (Lipinski definition) is 1. The number of nitrogens with one attached hydrogen (secondary N) is 1. The number of ketones is 1. The molecule has 1 aromatic heterocycles. The average Bonchev–Trinajstić information content (AvgIpc) is 2.88. The van der Waals surface area contributed by atoms with Gasteiger partial charge in [0.15, 0.2) is 11.6 Å². The molecule has 0 radical (unpaired) electrons. The number of aromatic nitrogens is 1. The van der Waals surface area contributed by atoms with Crippen molar-refractivity contribution in [1.29, 1.82) is 0 Å². The molecule has 4 heteroatoms. The summed E-state index contributed by atoms with van der Waals surface area (Å²) >= 11 is 0. The molecule has 0 spiro atoms. The van der Waals surface area contributed by atoms with Gasteiger partial charge in [-0.2, -0.15) is 0 Å². The van der Waals surface area contributed by atoms with Gasteiger partial charge in [0.1, 0.15) is 5.76 Å². The number of anilines is 1. The van der Waals surface area contributed by atoms with Crippen LogP contribution in [0.4, 0.5) is 5.82 Å². The van der Waals surface area contributed by atoms with Crippen LogP contribution in [0.2, 0.25) is 0 Å². The fourth-order valence-electron chi connectivity index (χ4n) is 1.71. The molecule has 0 aliphatic heterocycles. The summed E-state index contributed by atoms with van der Waals surface area (Å²) in [6, 6.07) is 9.30. The first-order valence-corrected chi connectivity index (χ1v) is 6.87. The molecule has 0 saturated carbocycles. The second-order valence-electron chi connectivity index (χ2n) is 6.03. The summed E-state index contributed by atoms with van der Waals surface area (Å²) in [5, 5.41) is 6.86. The molecule has 0 saturated heterocycles. The maximum absolute atomic E-state index is 11.9. The van der Waals surface area contributed by atoms with E-state index in [1.807, 2.05) is 58.0 Å². The van der Waals surface area contributed by atoms with Crippen molar-refractivity contribution in [2.24, 2.45) is 0 Å². The molecule has 0 fully saturated rings. The second-order valence-corrected chi connectivity index (χ2v) is 6.03. The summed E-state index contributed by atoms with van der Waals surface area (Å²) in [6.45, 7) is 8.14. The zero-order valence-corrected chi connectivity index (χ0v) is 12.8. The highest BCUT2D eigenvalue weighted by Gasteiger charge is 2.19. The Morgan fingerprint density at radius 2 is 1.90 bits per heavy atom. The lowest BCUT2D eigenvalue weighted by Crippen LogP contribution is -2.09. The lowest BCUT2D eigenvalue weighted by Gasteiger charge is -2.11. The predicted molar refractivity (Wildman–Crippen MR) is 83.5 cm³/mol. The van der Waals surface area contributed by atoms with Crippen LogP contribution in [0.25, 0.3) is 0 Å². The first-order chi connectivity index (χ1) is 9.86. The van der Waals surface area contributed by atoms with Crippen molar-refractivity contribution >= 4 is 11.6 Å². The van der Waals surface area contributed by atoms with Crippen molar-refractivity contribution in [3.63, 3.8) is 0 Å². The van der Waals surface area contributed by atoms with Gasteiger partial charge in [0.25, 0.3) is 0 Å². The van der Waals surface area contributed by atoms with E-state index in [4.69, 9.17) is 4.52 Å². The lowest BCUT2D eigenvalue weighted by atomic mass is 9.93. The van der Waals surface area contributed by atoms with E-state index in [2.05, 4.69) is 10.5 Å². The maximum atomic E-state index is 11.9. The van der Waals surface area contributed by atoms with E-state index in [-0.39, 0.29) is 11.2 Å². The summed E-state index contributed by atoms with van der Waals surface area (Å²) in [5.41, 5.74) is 1.70. The molecule has 0 amide bonds. The highest BCUT2D eigenvalue weighted by Crippen LogP contribution is 2.24. The van der Waals surface area contributed by atoms with Gasteiger partial charge < -0.3 is 9.84 Å². The quantitative estimate of drug-likeness (QED) is 0.678. The molecular formula is C17H20N2O2. The SMILES string of the molecule is Cc1ccc(C(=O)/C=C\Nc2cc(C(C)(C)C)on2)cc1. The third kappa shape index (κ3) is 4.05. The monoisotopic (exact) mass is 284 g/mol. The van der Waals surface area contributed by atoms with Crippen LogP contribution in [-0.4, -0.2) is 10.9 Å². The Morgan fingerprint density at radius 1 is 1.24 bits per heavy atom. The average molecular weight is 284 g/mol. The van der Waals surface area contributed by atoms with Gasteiger partial charge in [-0.3, -0.25) is 4.79 Å². The van der Waals surface area contributed by atoms with Gasteiger partial charge in [-0.1, -0.05) is 55.8 Å². The second kappa shape index (κ2) is 5.95. The van der Waals surface area contributed by atoms with E-state index >= 15 is 0 Å². The summed E-state index contributed by atoms with van der Waals surface area (Å²) in [4.78, 5) is 11.9. The smallest absolute Gasteiger partial charge is 0.187 e. The maximum Gasteiger partial charge on any atom is 0.187 e. The molecule has 21 heavy (non-hydrogen) atoms. The van der Waals surface area contributed by atoms with Crippen LogP contribution in [-0.2, 0) is 5.41 Å². The number of nitrogens with zero attached hydrogens (tertiary/aromatic N) is 1. The summed E-state index contributed by atoms with van der Waals surface area (Å²) < 4.78 is 5.25. The van der Waals surface area contributed by atoms with Gasteiger partial charge in [0, 0.05) is 29.3 Å². The molecule has 0 atom stereocenters. The van der Waals surface area contributed by atoms with Gasteiger partial charge in [0.05, 0.1) is 0 Å². The van der Waals surface area contributed by atoms with E-state index in [0.29, 0.717) is 11.4 Å². The Morgan fingerprint density at radius 3 is 2.48 bits per heavy atom. The molecular weight excluding hydrogens is 264 g/mol. The van der Waals surface area contributed by atoms with Gasteiger partial charge in [-0.15, -0.1) is 0 Å². The molecule has 1 N–H and O–H groups in total. The molecule has 0 bridgehead atoms. The standard InChI is InChI=1S/C17H20N2O2/c1-12-5-7-13(8-6-12)14(20)9-10-18-16-11-15(21-19-16)17(2,3)4/h5-11H,1-4H3,(H,18,19)/b10-9-. The van der Waals surface area contributed by atoms with Crippen LogP contribution in [0.5, 0.6) is 0 Å². The fourth-order valence-corrected chi connectivity index (χ4v) is 1.71. The van der Waals surface area contributed by atoms with E-state index in [1.165, 1.54) is 6.08 Å². The number of hydrogen-bond acceptors (Lipinski definition) is 4. The molecule has 1 heterocycles. The first-order valence-electron chi connectivity index (χ1n) is 6.87. The third-order valence-corrected chi connectivity index (χ3v) is 3.05. The van der Waals surface area contributed by atoms with Crippen LogP contribution in [0.1, 0.15) is 42.5 Å². The minimum atomic E-state index is -0.0889. The minimum absolute atomic E-state index is 0.0537. The Bertz CT molecular complexity index is 646. The zero-order chi connectivity index (χ0) is 15.5. The minimum Gasteiger partial charge on any atom is -0.359 e. The van der Waals surface area contributed by atoms with E-state index in [1.54, 1.807) is 6.20 Å². The summed E-state index contributed by atoms with van der Waals surface area (Å²) in [7, 11) is 0.